The molecule has 0 unspecified atom stereocenters. The average molecular weight is 573 g/mol. The van der Waals surface area contributed by atoms with E-state index in [4.69, 9.17) is 8.92 Å². The van der Waals surface area contributed by atoms with Gasteiger partial charge in [0.05, 0.1) is 0 Å². The zero-order valence-electron chi connectivity index (χ0n) is 18.8. The van der Waals surface area contributed by atoms with Gasteiger partial charge in [-0.15, -0.1) is 0 Å². The topological polar surface area (TPSA) is 0 Å². The van der Waals surface area contributed by atoms with E-state index < -0.39 is 15.0 Å². The molecule has 0 aliphatic rings. The van der Waals surface area contributed by atoms with Crippen LogP contribution in [0.5, 0.6) is 0 Å². The molecular weight excluding hydrogens is 522 g/mol. The summed E-state index contributed by atoms with van der Waals surface area (Å²) >= 11 is 1.64. The van der Waals surface area contributed by atoms with Crippen LogP contribution in [0.1, 0.15) is 142 Å². The van der Waals surface area contributed by atoms with Gasteiger partial charge in [-0.3, -0.25) is 0 Å². The predicted octanol–water partition coefficient (Wildman–Crippen LogP) is 10.9. The second-order valence-electron chi connectivity index (χ2n) is 8.72. The third-order valence-electron chi connectivity index (χ3n) is 5.79. The zero-order chi connectivity index (χ0) is 20.1. The molecule has 0 saturated carbocycles. The molecule has 0 aromatic carbocycles. The number of rotatable bonds is 22. The van der Waals surface area contributed by atoms with E-state index in [1.165, 1.54) is 137 Å². The molecule has 0 aliphatic carbocycles. The Kier molecular flexibility index (Phi) is 23.6. The molecule has 27 heavy (non-hydrogen) atoms. The van der Waals surface area contributed by atoms with E-state index in [0.717, 1.165) is 0 Å². The van der Waals surface area contributed by atoms with Crippen molar-refractivity contribution in [2.75, 3.05) is 0 Å². The van der Waals surface area contributed by atoms with Crippen molar-refractivity contribution in [2.24, 2.45) is 0 Å². The summed E-state index contributed by atoms with van der Waals surface area (Å²) in [5.74, 6) is 0. The average Bonchev–Trinajstić information content (AvgIpc) is 2.64. The second-order valence-corrected chi connectivity index (χ2v) is 34.6. The SMILES string of the molecule is CCCCCCCCCCC[CH2][Sn]([Cl])([Br])[CH2]CCCCCCCCCCC. The standard InChI is InChI=1S/2C12H25.BrH.ClH.Sn/c2*1-3-5-7-9-11-12-10-8-6-4-2;;;/h2*1,3-12H2,2H3;2*1H;/q;;;;+2/p-2. The van der Waals surface area contributed by atoms with E-state index in [1.54, 1.807) is 0 Å². The summed E-state index contributed by atoms with van der Waals surface area (Å²) < 4.78 is 2.67. The number of hydrogen-bond acceptors (Lipinski definition) is 0. The summed E-state index contributed by atoms with van der Waals surface area (Å²) in [4.78, 5) is 0. The first kappa shape index (κ1) is 28.6. The van der Waals surface area contributed by atoms with E-state index in [9.17, 15) is 0 Å². The van der Waals surface area contributed by atoms with Crippen molar-refractivity contribution in [1.82, 2.24) is 0 Å². The van der Waals surface area contributed by atoms with E-state index in [1.807, 2.05) is 0 Å². The third-order valence-corrected chi connectivity index (χ3v) is 19.8. The molecule has 0 atom stereocenters. The number of hydrogen-bond donors (Lipinski definition) is 0. The van der Waals surface area contributed by atoms with E-state index in [-0.39, 0.29) is 0 Å². The Morgan fingerprint density at radius 2 is 0.667 bits per heavy atom. The van der Waals surface area contributed by atoms with Gasteiger partial charge in [0.25, 0.3) is 0 Å². The van der Waals surface area contributed by atoms with Crippen LogP contribution in [0.4, 0.5) is 0 Å². The Morgan fingerprint density at radius 1 is 0.444 bits per heavy atom. The quantitative estimate of drug-likeness (QED) is 0.0894. The molecule has 3 heteroatoms. The molecule has 0 spiro atoms. The van der Waals surface area contributed by atoms with Crippen LogP contribution in [0.2, 0.25) is 8.87 Å². The van der Waals surface area contributed by atoms with Gasteiger partial charge in [-0.25, -0.2) is 0 Å². The summed E-state index contributed by atoms with van der Waals surface area (Å²) in [5.41, 5.74) is 0. The van der Waals surface area contributed by atoms with Crippen LogP contribution < -0.4 is 0 Å². The molecule has 164 valence electrons. The van der Waals surface area contributed by atoms with Crippen LogP contribution in [-0.2, 0) is 0 Å². The van der Waals surface area contributed by atoms with Crippen molar-refractivity contribution in [3.8, 4) is 0 Å². The Morgan fingerprint density at radius 3 is 0.926 bits per heavy atom. The summed E-state index contributed by atoms with van der Waals surface area (Å²) in [6.45, 7) is 4.59. The molecule has 0 heterocycles. The van der Waals surface area contributed by atoms with Gasteiger partial charge >= 0.3 is 188 Å². The molecule has 0 radical (unpaired) electrons. The van der Waals surface area contributed by atoms with Gasteiger partial charge in [-0.05, 0) is 0 Å². The van der Waals surface area contributed by atoms with Gasteiger partial charge in [-0.1, -0.05) is 0 Å². The third kappa shape index (κ3) is 23.7. The molecule has 0 rings (SSSR count). The van der Waals surface area contributed by atoms with Crippen molar-refractivity contribution in [1.29, 1.82) is 0 Å². The number of halogens is 2. The van der Waals surface area contributed by atoms with Gasteiger partial charge < -0.3 is 0 Å². The Bertz CT molecular complexity index is 258. The normalized spacial score (nSPS) is 12.0. The van der Waals surface area contributed by atoms with E-state index >= 15 is 0 Å². The maximum atomic E-state index is 6.88. The van der Waals surface area contributed by atoms with Gasteiger partial charge in [0.15, 0.2) is 0 Å². The molecule has 0 aromatic rings. The van der Waals surface area contributed by atoms with Gasteiger partial charge in [0.2, 0.25) is 0 Å². The van der Waals surface area contributed by atoms with Crippen LogP contribution in [0, 0.1) is 0 Å². The molecule has 0 aromatic heterocycles. The molecule has 0 aliphatic heterocycles. The van der Waals surface area contributed by atoms with Crippen LogP contribution in [0.25, 0.3) is 0 Å². The molecule has 0 bridgehead atoms. The Labute approximate surface area is 186 Å². The summed E-state index contributed by atoms with van der Waals surface area (Å²) in [6, 6.07) is 0. The first-order valence-electron chi connectivity index (χ1n) is 12.5. The van der Waals surface area contributed by atoms with Gasteiger partial charge in [-0.2, -0.15) is 0 Å². The van der Waals surface area contributed by atoms with Gasteiger partial charge in [0.1, 0.15) is 0 Å². The maximum absolute atomic E-state index is 6.88. The van der Waals surface area contributed by atoms with Gasteiger partial charge in [0, 0.05) is 0 Å². The first-order valence-corrected chi connectivity index (χ1v) is 26.5. The summed E-state index contributed by atoms with van der Waals surface area (Å²) in [7, 11) is 6.88. The monoisotopic (exact) mass is 572 g/mol. The minimum atomic E-state index is -2.35. The zero-order valence-corrected chi connectivity index (χ0v) is 24.0. The van der Waals surface area contributed by atoms with Crippen molar-refractivity contribution in [3.05, 3.63) is 0 Å². The van der Waals surface area contributed by atoms with Crippen LogP contribution >= 0.6 is 21.6 Å². The Balaban J connectivity index is 3.31. The summed E-state index contributed by atoms with van der Waals surface area (Å²) in [6.07, 6.45) is 28.5. The predicted molar refractivity (Wildman–Crippen MR) is 134 cm³/mol. The molecule has 0 nitrogen and oxygen atoms in total. The molecule has 0 N–H and O–H groups in total. The molecule has 0 saturated heterocycles. The van der Waals surface area contributed by atoms with Crippen molar-refractivity contribution in [3.63, 3.8) is 0 Å². The fraction of sp³-hybridized carbons (Fsp3) is 1.00. The first-order chi connectivity index (χ1) is 13.1. The van der Waals surface area contributed by atoms with Crippen LogP contribution in [0.3, 0.4) is 0 Å². The van der Waals surface area contributed by atoms with Crippen molar-refractivity contribution >= 4 is 36.7 Å². The van der Waals surface area contributed by atoms with Crippen LogP contribution in [-0.4, -0.2) is 15.0 Å². The molecule has 0 fully saturated rings. The van der Waals surface area contributed by atoms with Crippen molar-refractivity contribution < 1.29 is 0 Å². The van der Waals surface area contributed by atoms with E-state index in [2.05, 4.69) is 26.6 Å². The molecular formula is C24H50BrClSn. The number of unbranched alkanes of at least 4 members (excludes halogenated alkanes) is 18. The molecule has 0 amide bonds. The Hall–Kier alpha value is 1.57. The van der Waals surface area contributed by atoms with E-state index in [0.29, 0.717) is 0 Å². The fourth-order valence-corrected chi connectivity index (χ4v) is 14.5. The minimum absolute atomic E-state index is 1.34. The van der Waals surface area contributed by atoms with Crippen molar-refractivity contribution in [2.45, 2.75) is 151 Å². The van der Waals surface area contributed by atoms with Crippen LogP contribution in [0.15, 0.2) is 0 Å². The fourth-order valence-electron chi connectivity index (χ4n) is 3.87. The second kappa shape index (κ2) is 22.3. The summed E-state index contributed by atoms with van der Waals surface area (Å²) in [5, 5.41) is 0.